The molecule has 0 amide bonds. The molecule has 0 fully saturated rings. The Labute approximate surface area is 349 Å². The fourth-order valence-corrected chi connectivity index (χ4v) is 11.3. The zero-order valence-electron chi connectivity index (χ0n) is 32.5. The first kappa shape index (κ1) is 34.2. The monoisotopic (exact) mass is 773 g/mol. The van der Waals surface area contributed by atoms with Crippen LogP contribution in [0.15, 0.2) is 216 Å². The Morgan fingerprint density at radius 3 is 1.85 bits per heavy atom. The normalized spacial score (nSPS) is 17.4. The second-order valence-corrected chi connectivity index (χ2v) is 17.0. The van der Waals surface area contributed by atoms with E-state index < -0.39 is 5.41 Å². The van der Waals surface area contributed by atoms with Gasteiger partial charge in [-0.15, -0.1) is 0 Å². The van der Waals surface area contributed by atoms with Gasteiger partial charge in [-0.05, 0) is 87.3 Å². The van der Waals surface area contributed by atoms with Gasteiger partial charge in [0.25, 0.3) is 0 Å². The van der Waals surface area contributed by atoms with Crippen LogP contribution in [0.25, 0.3) is 33.5 Å². The lowest BCUT2D eigenvalue weighted by atomic mass is 9.64. The summed E-state index contributed by atoms with van der Waals surface area (Å²) in [6, 6.07) is 67.1. The summed E-state index contributed by atoms with van der Waals surface area (Å²) in [5, 5.41) is 0. The molecule has 0 bridgehead atoms. The average molecular weight is 774 g/mol. The lowest BCUT2D eigenvalue weighted by Crippen LogP contribution is -2.43. The number of aromatic nitrogens is 1. The van der Waals surface area contributed by atoms with Crippen molar-refractivity contribution in [1.29, 1.82) is 0 Å². The van der Waals surface area contributed by atoms with Gasteiger partial charge < -0.3 is 4.90 Å². The van der Waals surface area contributed by atoms with Crippen molar-refractivity contribution in [1.82, 2.24) is 4.98 Å². The van der Waals surface area contributed by atoms with Crippen LogP contribution in [0.3, 0.4) is 0 Å². The van der Waals surface area contributed by atoms with Crippen molar-refractivity contribution >= 4 is 40.3 Å². The number of pyridine rings is 1. The molecule has 4 heteroatoms. The molecule has 12 rings (SSSR count). The Balaban J connectivity index is 1.17. The zero-order chi connectivity index (χ0) is 39.1. The number of benzene rings is 7. The minimum atomic E-state index is -0.552. The van der Waals surface area contributed by atoms with E-state index in [4.69, 9.17) is 4.98 Å². The molecule has 1 spiro atoms. The van der Waals surface area contributed by atoms with Gasteiger partial charge in [-0.3, -0.25) is 4.90 Å². The highest BCUT2D eigenvalue weighted by Crippen LogP contribution is 2.67. The molecule has 1 aromatic heterocycles. The Bertz CT molecular complexity index is 2920. The van der Waals surface area contributed by atoms with Gasteiger partial charge in [0, 0.05) is 32.3 Å². The second kappa shape index (κ2) is 13.3. The van der Waals surface area contributed by atoms with Crippen molar-refractivity contribution in [2.45, 2.75) is 28.2 Å². The maximum atomic E-state index is 5.57. The number of fused-ring (bicyclic) bond motifs is 12. The Hall–Kier alpha value is -6.88. The van der Waals surface area contributed by atoms with Crippen molar-refractivity contribution in [3.8, 4) is 33.5 Å². The number of nitrogens with zero attached hydrogens (tertiary/aromatic N) is 3. The summed E-state index contributed by atoms with van der Waals surface area (Å²) in [5.74, 6) is 1.24. The molecule has 0 saturated heterocycles. The topological polar surface area (TPSA) is 19.4 Å². The third kappa shape index (κ3) is 5.00. The molecule has 8 aromatic rings. The number of allylic oxidation sites excluding steroid dienone is 2. The molecule has 2 atom stereocenters. The van der Waals surface area contributed by atoms with Crippen LogP contribution >= 0.6 is 11.8 Å². The zero-order valence-corrected chi connectivity index (χ0v) is 33.4. The molecule has 4 aliphatic rings. The number of para-hydroxylation sites is 3. The fourth-order valence-electron chi connectivity index (χ4n) is 10.2. The number of anilines is 5. The fraction of sp³-hybridized carbons (Fsp3) is 0.0727. The Morgan fingerprint density at radius 1 is 0.508 bits per heavy atom. The molecular weight excluding hydrogens is 735 g/mol. The number of hydrogen-bond donors (Lipinski definition) is 0. The van der Waals surface area contributed by atoms with Gasteiger partial charge in [-0.1, -0.05) is 183 Å². The highest BCUT2D eigenvalue weighted by Gasteiger charge is 2.53. The first-order chi connectivity index (χ1) is 29.2. The Kier molecular flexibility index (Phi) is 7.73. The predicted molar refractivity (Wildman–Crippen MR) is 245 cm³/mol. The van der Waals surface area contributed by atoms with Crippen LogP contribution in [0.5, 0.6) is 0 Å². The van der Waals surface area contributed by atoms with Gasteiger partial charge >= 0.3 is 0 Å². The van der Waals surface area contributed by atoms with Crippen LogP contribution in [0.1, 0.15) is 29.2 Å². The summed E-state index contributed by atoms with van der Waals surface area (Å²) in [6.07, 6.45) is 9.10. The van der Waals surface area contributed by atoms with Crippen LogP contribution in [-0.2, 0) is 5.41 Å². The quantitative estimate of drug-likeness (QED) is 0.177. The first-order valence-electron chi connectivity index (χ1n) is 20.5. The van der Waals surface area contributed by atoms with Crippen molar-refractivity contribution < 1.29 is 0 Å². The van der Waals surface area contributed by atoms with Crippen molar-refractivity contribution in [2.75, 3.05) is 9.80 Å². The third-order valence-electron chi connectivity index (χ3n) is 12.7. The van der Waals surface area contributed by atoms with Gasteiger partial charge in [-0.25, -0.2) is 4.98 Å². The molecule has 2 aliphatic heterocycles. The third-order valence-corrected chi connectivity index (χ3v) is 13.8. The second-order valence-electron chi connectivity index (χ2n) is 15.9. The summed E-state index contributed by atoms with van der Waals surface area (Å²) in [7, 11) is 0. The van der Waals surface area contributed by atoms with E-state index in [0.717, 1.165) is 33.9 Å². The summed E-state index contributed by atoms with van der Waals surface area (Å²) in [4.78, 5) is 13.1. The average Bonchev–Trinajstić information content (AvgIpc) is 3.60. The minimum Gasteiger partial charge on any atom is -0.333 e. The first-order valence-corrected chi connectivity index (χ1v) is 21.3. The van der Waals surface area contributed by atoms with E-state index in [-0.39, 0.29) is 6.04 Å². The highest BCUT2D eigenvalue weighted by atomic mass is 32.2. The van der Waals surface area contributed by atoms with Crippen LogP contribution in [0, 0.1) is 5.92 Å². The molecule has 3 heterocycles. The molecule has 2 unspecified atom stereocenters. The van der Waals surface area contributed by atoms with Crippen LogP contribution in [0.4, 0.5) is 28.6 Å². The van der Waals surface area contributed by atoms with Gasteiger partial charge in [0.1, 0.15) is 5.82 Å². The lowest BCUT2D eigenvalue weighted by molar-refractivity contribution is 0.593. The van der Waals surface area contributed by atoms with E-state index in [1.807, 2.05) is 11.8 Å². The lowest BCUT2D eigenvalue weighted by Gasteiger charge is -2.48. The Morgan fingerprint density at radius 2 is 1.12 bits per heavy atom. The van der Waals surface area contributed by atoms with Crippen molar-refractivity contribution in [3.63, 3.8) is 0 Å². The summed E-state index contributed by atoms with van der Waals surface area (Å²) in [6.45, 7) is 2.33. The highest BCUT2D eigenvalue weighted by molar-refractivity contribution is 7.99. The van der Waals surface area contributed by atoms with E-state index in [9.17, 15) is 0 Å². The molecule has 0 saturated carbocycles. The van der Waals surface area contributed by atoms with E-state index in [2.05, 4.69) is 223 Å². The van der Waals surface area contributed by atoms with Crippen LogP contribution < -0.4 is 9.80 Å². The van der Waals surface area contributed by atoms with Gasteiger partial charge in [-0.2, -0.15) is 0 Å². The summed E-state index contributed by atoms with van der Waals surface area (Å²) < 4.78 is 0. The van der Waals surface area contributed by atoms with Crippen molar-refractivity contribution in [2.24, 2.45) is 5.92 Å². The van der Waals surface area contributed by atoms with E-state index in [0.29, 0.717) is 5.92 Å². The molecule has 0 radical (unpaired) electrons. The smallest absolute Gasteiger partial charge is 0.138 e. The summed E-state index contributed by atoms with van der Waals surface area (Å²) >= 11 is 1.86. The maximum absolute atomic E-state index is 5.57. The molecule has 59 heavy (non-hydrogen) atoms. The molecule has 280 valence electrons. The molecule has 7 aromatic carbocycles. The van der Waals surface area contributed by atoms with E-state index >= 15 is 0 Å². The summed E-state index contributed by atoms with van der Waals surface area (Å²) in [5.41, 5.74) is 16.4. The van der Waals surface area contributed by atoms with E-state index in [1.54, 1.807) is 0 Å². The predicted octanol–water partition coefficient (Wildman–Crippen LogP) is 14.3. The molecule has 3 nitrogen and oxygen atoms in total. The van der Waals surface area contributed by atoms with E-state index in [1.165, 1.54) is 60.2 Å². The minimum absolute atomic E-state index is 0.185. The number of hydrogen-bond acceptors (Lipinski definition) is 4. The molecule has 2 aliphatic carbocycles. The van der Waals surface area contributed by atoms with Gasteiger partial charge in [0.05, 0.1) is 28.5 Å². The SMILES string of the molecule is CC1C=CC=CC1N1c2ccccc2C2(c3ccccc3-c3c2ccc2c3N(c3cc(-c4ccccc4)cc(-c4ccccc4)n3)c3ccccc3S2)c2ccccc21. The maximum Gasteiger partial charge on any atom is 0.138 e. The largest absolute Gasteiger partial charge is 0.333 e. The van der Waals surface area contributed by atoms with Crippen LogP contribution in [0.2, 0.25) is 0 Å². The standard InChI is InChI=1S/C55H39N3S/c1-36-18-8-13-27-46(36)57-47-28-14-11-25-42(47)55(43-26-12-15-29-48(43)57)41-24-10-9-23-40(41)53-44(55)32-33-51-54(53)58(49-30-16-17-31-50(49)59-51)52-35-39(37-19-4-2-5-20-37)34-45(56-52)38-21-6-3-7-22-38/h2-36,46H,1H3. The van der Waals surface area contributed by atoms with Crippen LogP contribution in [-0.4, -0.2) is 11.0 Å². The van der Waals surface area contributed by atoms with Gasteiger partial charge in [0.15, 0.2) is 0 Å². The van der Waals surface area contributed by atoms with Crippen molar-refractivity contribution in [3.05, 3.63) is 229 Å². The molecule has 0 N–H and O–H groups in total. The van der Waals surface area contributed by atoms with Gasteiger partial charge in [0.2, 0.25) is 0 Å². The number of rotatable bonds is 4. The molecular formula is C55H39N3S.